The topological polar surface area (TPSA) is 57.6 Å². The number of rotatable bonds is 5. The lowest BCUT2D eigenvalue weighted by Crippen LogP contribution is -2.32. The number of amides is 1. The van der Waals surface area contributed by atoms with Gasteiger partial charge in [0.25, 0.3) is 5.91 Å². The molecule has 1 N–H and O–H groups in total. The first-order chi connectivity index (χ1) is 9.11. The first kappa shape index (κ1) is 13.3. The molecular weight excluding hydrogens is 242 g/mol. The van der Waals surface area contributed by atoms with Crippen LogP contribution in [-0.4, -0.2) is 34.5 Å². The maximum absolute atomic E-state index is 12.3. The van der Waals surface area contributed by atoms with Crippen molar-refractivity contribution < 1.29 is 14.7 Å². The summed E-state index contributed by atoms with van der Waals surface area (Å²) < 4.78 is 0. The largest absolute Gasteiger partial charge is 0.478 e. The van der Waals surface area contributed by atoms with Crippen LogP contribution in [0.3, 0.4) is 0 Å². The molecule has 0 atom stereocenters. The summed E-state index contributed by atoms with van der Waals surface area (Å²) in [5.41, 5.74) is 1.33. The van der Waals surface area contributed by atoms with Gasteiger partial charge in [0.05, 0.1) is 0 Å². The molecule has 1 fully saturated rings. The van der Waals surface area contributed by atoms with Gasteiger partial charge in [-0.05, 0) is 43.5 Å². The smallest absolute Gasteiger partial charge is 0.328 e. The molecule has 0 bridgehead atoms. The monoisotopic (exact) mass is 259 g/mol. The molecule has 0 aliphatic heterocycles. The molecule has 1 aromatic carbocycles. The van der Waals surface area contributed by atoms with E-state index in [1.807, 2.05) is 11.8 Å². The minimum Gasteiger partial charge on any atom is -0.478 e. The molecule has 0 radical (unpaired) electrons. The fraction of sp³-hybridized carbons (Fsp3) is 0.333. The average Bonchev–Trinajstić information content (AvgIpc) is 3.22. The number of carbonyl (C=O) groups excluding carboxylic acids is 1. The lowest BCUT2D eigenvalue weighted by atomic mass is 10.1. The third-order valence-corrected chi connectivity index (χ3v) is 3.14. The third-order valence-electron chi connectivity index (χ3n) is 3.14. The van der Waals surface area contributed by atoms with E-state index in [9.17, 15) is 9.59 Å². The molecule has 0 saturated heterocycles. The Bertz CT molecular complexity index is 518. The number of hydrogen-bond acceptors (Lipinski definition) is 2. The summed E-state index contributed by atoms with van der Waals surface area (Å²) in [5, 5.41) is 8.60. The molecule has 0 heterocycles. The Morgan fingerprint density at radius 2 is 2.16 bits per heavy atom. The van der Waals surface area contributed by atoms with E-state index in [0.29, 0.717) is 18.2 Å². The summed E-state index contributed by atoms with van der Waals surface area (Å²) in [6.45, 7) is 2.68. The van der Waals surface area contributed by atoms with Gasteiger partial charge in [-0.15, -0.1) is 0 Å². The summed E-state index contributed by atoms with van der Waals surface area (Å²) in [5.74, 6) is -0.972. The second-order valence-electron chi connectivity index (χ2n) is 4.62. The molecule has 4 heteroatoms. The molecule has 1 aliphatic carbocycles. The molecule has 0 aromatic heterocycles. The molecule has 19 heavy (non-hydrogen) atoms. The lowest BCUT2D eigenvalue weighted by molar-refractivity contribution is -0.131. The van der Waals surface area contributed by atoms with Crippen molar-refractivity contribution in [2.24, 2.45) is 0 Å². The molecule has 1 aliphatic rings. The Morgan fingerprint density at radius 1 is 1.42 bits per heavy atom. The Hall–Kier alpha value is -2.10. The SMILES string of the molecule is CCN(C(=O)c1cccc(/C=C/C(=O)O)c1)C1CC1. The molecule has 4 nitrogen and oxygen atoms in total. The highest BCUT2D eigenvalue weighted by Crippen LogP contribution is 2.28. The Kier molecular flexibility index (Phi) is 4.00. The number of hydrogen-bond donors (Lipinski definition) is 1. The summed E-state index contributed by atoms with van der Waals surface area (Å²) in [6, 6.07) is 7.44. The van der Waals surface area contributed by atoms with E-state index in [1.165, 1.54) is 6.08 Å². The van der Waals surface area contributed by atoms with Gasteiger partial charge in [-0.3, -0.25) is 4.79 Å². The van der Waals surface area contributed by atoms with Crippen molar-refractivity contribution in [1.82, 2.24) is 4.90 Å². The van der Waals surface area contributed by atoms with Gasteiger partial charge >= 0.3 is 5.97 Å². The van der Waals surface area contributed by atoms with E-state index in [1.54, 1.807) is 24.3 Å². The number of nitrogens with zero attached hydrogens (tertiary/aromatic N) is 1. The first-order valence-electron chi connectivity index (χ1n) is 6.44. The zero-order valence-corrected chi connectivity index (χ0v) is 10.9. The summed E-state index contributed by atoms with van der Waals surface area (Å²) in [4.78, 5) is 24.7. The Labute approximate surface area is 112 Å². The molecule has 1 saturated carbocycles. The highest BCUT2D eigenvalue weighted by molar-refractivity contribution is 5.95. The lowest BCUT2D eigenvalue weighted by Gasteiger charge is -2.20. The van der Waals surface area contributed by atoms with Gasteiger partial charge in [-0.25, -0.2) is 4.79 Å². The normalized spacial score (nSPS) is 14.6. The van der Waals surface area contributed by atoms with Crippen molar-refractivity contribution in [2.75, 3.05) is 6.54 Å². The summed E-state index contributed by atoms with van der Waals surface area (Å²) in [7, 11) is 0. The number of benzene rings is 1. The van der Waals surface area contributed by atoms with Crippen molar-refractivity contribution in [2.45, 2.75) is 25.8 Å². The average molecular weight is 259 g/mol. The van der Waals surface area contributed by atoms with Crippen molar-refractivity contribution >= 4 is 18.0 Å². The molecule has 100 valence electrons. The molecule has 1 aromatic rings. The Balaban J connectivity index is 2.17. The van der Waals surface area contributed by atoms with Gasteiger partial charge < -0.3 is 10.0 Å². The minimum atomic E-state index is -0.995. The van der Waals surface area contributed by atoms with Crippen LogP contribution in [0, 0.1) is 0 Å². The quantitative estimate of drug-likeness (QED) is 0.826. The highest BCUT2D eigenvalue weighted by Gasteiger charge is 2.31. The number of carboxylic acids is 1. The van der Waals surface area contributed by atoms with E-state index in [-0.39, 0.29) is 5.91 Å². The number of aliphatic carboxylic acids is 1. The van der Waals surface area contributed by atoms with Gasteiger partial charge in [0.1, 0.15) is 0 Å². The molecule has 0 spiro atoms. The van der Waals surface area contributed by atoms with Gasteiger partial charge in [0.2, 0.25) is 0 Å². The molecule has 2 rings (SSSR count). The predicted molar refractivity (Wildman–Crippen MR) is 72.8 cm³/mol. The maximum Gasteiger partial charge on any atom is 0.328 e. The van der Waals surface area contributed by atoms with Gasteiger partial charge in [0.15, 0.2) is 0 Å². The molecule has 1 amide bonds. The van der Waals surface area contributed by atoms with E-state index in [4.69, 9.17) is 5.11 Å². The van der Waals surface area contributed by atoms with Crippen molar-refractivity contribution in [1.29, 1.82) is 0 Å². The maximum atomic E-state index is 12.3. The van der Waals surface area contributed by atoms with Crippen molar-refractivity contribution in [3.63, 3.8) is 0 Å². The predicted octanol–water partition coefficient (Wildman–Crippen LogP) is 2.41. The van der Waals surface area contributed by atoms with Gasteiger partial charge in [-0.1, -0.05) is 12.1 Å². The number of carbonyl (C=O) groups is 2. The molecular formula is C15H17NO3. The van der Waals surface area contributed by atoms with Crippen molar-refractivity contribution in [3.8, 4) is 0 Å². The van der Waals surface area contributed by atoms with Crippen LogP contribution in [0.1, 0.15) is 35.7 Å². The van der Waals surface area contributed by atoms with Crippen LogP contribution in [0.2, 0.25) is 0 Å². The van der Waals surface area contributed by atoms with Crippen LogP contribution >= 0.6 is 0 Å². The summed E-state index contributed by atoms with van der Waals surface area (Å²) in [6.07, 6.45) is 4.73. The standard InChI is InChI=1S/C15H17NO3/c1-2-16(13-7-8-13)15(19)12-5-3-4-11(10-12)6-9-14(17)18/h3-6,9-10,13H,2,7-8H2,1H3,(H,17,18)/b9-6+. The molecule has 0 unspecified atom stereocenters. The van der Waals surface area contributed by atoms with Crippen molar-refractivity contribution in [3.05, 3.63) is 41.5 Å². The zero-order valence-electron chi connectivity index (χ0n) is 10.9. The van der Waals surface area contributed by atoms with Crippen LogP contribution in [0.5, 0.6) is 0 Å². The second kappa shape index (κ2) is 5.69. The fourth-order valence-electron chi connectivity index (χ4n) is 2.06. The van der Waals surface area contributed by atoms with E-state index in [2.05, 4.69) is 0 Å². The third kappa shape index (κ3) is 3.44. The second-order valence-corrected chi connectivity index (χ2v) is 4.62. The van der Waals surface area contributed by atoms with Crippen LogP contribution in [0.15, 0.2) is 30.3 Å². The van der Waals surface area contributed by atoms with Crippen LogP contribution < -0.4 is 0 Å². The first-order valence-corrected chi connectivity index (χ1v) is 6.44. The van der Waals surface area contributed by atoms with Crippen LogP contribution in [0.4, 0.5) is 0 Å². The summed E-state index contributed by atoms with van der Waals surface area (Å²) >= 11 is 0. The Morgan fingerprint density at radius 3 is 2.74 bits per heavy atom. The minimum absolute atomic E-state index is 0.0237. The fourth-order valence-corrected chi connectivity index (χ4v) is 2.06. The van der Waals surface area contributed by atoms with E-state index >= 15 is 0 Å². The van der Waals surface area contributed by atoms with Gasteiger partial charge in [-0.2, -0.15) is 0 Å². The van der Waals surface area contributed by atoms with Crippen LogP contribution in [-0.2, 0) is 4.79 Å². The van der Waals surface area contributed by atoms with Crippen LogP contribution in [0.25, 0.3) is 6.08 Å². The van der Waals surface area contributed by atoms with E-state index in [0.717, 1.165) is 24.5 Å². The van der Waals surface area contributed by atoms with Gasteiger partial charge in [0, 0.05) is 24.2 Å². The highest BCUT2D eigenvalue weighted by atomic mass is 16.4. The zero-order chi connectivity index (χ0) is 13.8. The number of carboxylic acid groups (broad SMARTS) is 1. The van der Waals surface area contributed by atoms with E-state index < -0.39 is 5.97 Å².